The summed E-state index contributed by atoms with van der Waals surface area (Å²) in [5.41, 5.74) is 12.6. The molecule has 0 aromatic heterocycles. The first-order valence-corrected chi connectivity index (χ1v) is 3.99. The van der Waals surface area contributed by atoms with E-state index in [0.717, 1.165) is 0 Å². The lowest BCUT2D eigenvalue weighted by molar-refractivity contribution is 0.0750. The van der Waals surface area contributed by atoms with Gasteiger partial charge in [-0.1, -0.05) is 5.11 Å². The number of ether oxygens (including phenoxy) is 2. The Balaban J connectivity index is 3.13. The number of rotatable bonds is 7. The summed E-state index contributed by atoms with van der Waals surface area (Å²) in [4.78, 5) is 13.2. The molecule has 14 heavy (non-hydrogen) atoms. The third-order valence-corrected chi connectivity index (χ3v) is 1.09. The van der Waals surface area contributed by atoms with Gasteiger partial charge in [-0.15, -0.1) is 0 Å². The van der Waals surface area contributed by atoms with Gasteiger partial charge in [0.15, 0.2) is 0 Å². The average Bonchev–Trinajstić information content (AvgIpc) is 2.17. The van der Waals surface area contributed by atoms with Crippen LogP contribution < -0.4 is 10.9 Å². The lowest BCUT2D eigenvalue weighted by atomic mass is 10.7. The average molecular weight is 203 g/mol. The zero-order valence-corrected chi connectivity index (χ0v) is 7.89. The molecule has 0 fully saturated rings. The van der Waals surface area contributed by atoms with Crippen molar-refractivity contribution >= 4 is 6.09 Å². The normalized spacial score (nSPS) is 8.93. The zero-order chi connectivity index (χ0) is 10.6. The SMILES string of the molecule is CNNC(=O)OCCOCCN=[N+]=[N-]. The molecule has 2 N–H and O–H groups in total. The molecule has 0 aromatic rings. The van der Waals surface area contributed by atoms with Crippen molar-refractivity contribution in [2.24, 2.45) is 5.11 Å². The smallest absolute Gasteiger partial charge is 0.421 e. The van der Waals surface area contributed by atoms with E-state index in [1.165, 1.54) is 0 Å². The van der Waals surface area contributed by atoms with Crippen molar-refractivity contribution in [2.45, 2.75) is 0 Å². The molecule has 8 nitrogen and oxygen atoms in total. The van der Waals surface area contributed by atoms with Gasteiger partial charge >= 0.3 is 6.09 Å². The van der Waals surface area contributed by atoms with Crippen LogP contribution in [0.2, 0.25) is 0 Å². The molecule has 0 spiro atoms. The van der Waals surface area contributed by atoms with Crippen LogP contribution in [0.5, 0.6) is 0 Å². The lowest BCUT2D eigenvalue weighted by Gasteiger charge is -2.05. The molecular weight excluding hydrogens is 190 g/mol. The van der Waals surface area contributed by atoms with Crippen LogP contribution in [0.3, 0.4) is 0 Å². The third-order valence-electron chi connectivity index (χ3n) is 1.09. The Morgan fingerprint density at radius 2 is 2.29 bits per heavy atom. The molecule has 0 aliphatic heterocycles. The molecule has 0 unspecified atom stereocenters. The summed E-state index contributed by atoms with van der Waals surface area (Å²) in [5.74, 6) is 0. The maximum atomic E-state index is 10.7. The van der Waals surface area contributed by atoms with E-state index in [-0.39, 0.29) is 19.8 Å². The Morgan fingerprint density at radius 3 is 2.93 bits per heavy atom. The van der Waals surface area contributed by atoms with Crippen LogP contribution in [-0.2, 0) is 9.47 Å². The third kappa shape index (κ3) is 8.60. The predicted molar refractivity (Wildman–Crippen MR) is 48.4 cm³/mol. The molecule has 0 rings (SSSR count). The van der Waals surface area contributed by atoms with Gasteiger partial charge in [-0.05, 0) is 5.53 Å². The minimum atomic E-state index is -0.564. The lowest BCUT2D eigenvalue weighted by Crippen LogP contribution is -2.35. The van der Waals surface area contributed by atoms with E-state index in [0.29, 0.717) is 6.61 Å². The van der Waals surface area contributed by atoms with Crippen molar-refractivity contribution < 1.29 is 14.3 Å². The van der Waals surface area contributed by atoms with Gasteiger partial charge in [0, 0.05) is 18.5 Å². The minimum absolute atomic E-state index is 0.157. The predicted octanol–water partition coefficient (Wildman–Crippen LogP) is 0.174. The number of azide groups is 1. The molecule has 0 heterocycles. The Hall–Kier alpha value is -1.50. The summed E-state index contributed by atoms with van der Waals surface area (Å²) in [5, 5.41) is 3.26. The maximum Gasteiger partial charge on any atom is 0.421 e. The van der Waals surface area contributed by atoms with E-state index >= 15 is 0 Å². The van der Waals surface area contributed by atoms with Gasteiger partial charge in [-0.3, -0.25) is 5.43 Å². The van der Waals surface area contributed by atoms with E-state index in [1.54, 1.807) is 7.05 Å². The Labute approximate surface area is 81.2 Å². The molecule has 0 aromatic carbocycles. The van der Waals surface area contributed by atoms with E-state index in [1.807, 2.05) is 0 Å². The van der Waals surface area contributed by atoms with Gasteiger partial charge < -0.3 is 9.47 Å². The molecule has 1 amide bonds. The highest BCUT2D eigenvalue weighted by Crippen LogP contribution is 1.80. The first kappa shape index (κ1) is 12.5. The van der Waals surface area contributed by atoms with Gasteiger partial charge in [0.05, 0.1) is 13.2 Å². The van der Waals surface area contributed by atoms with E-state index < -0.39 is 6.09 Å². The summed E-state index contributed by atoms with van der Waals surface area (Å²) in [6, 6.07) is 0. The number of hydrogen-bond acceptors (Lipinski definition) is 5. The van der Waals surface area contributed by atoms with Crippen LogP contribution >= 0.6 is 0 Å². The summed E-state index contributed by atoms with van der Waals surface area (Å²) in [6.45, 7) is 1.03. The molecular formula is C6H13N5O3. The fourth-order valence-corrected chi connectivity index (χ4v) is 0.584. The number of nitrogens with zero attached hydrogens (tertiary/aromatic N) is 3. The second-order valence-corrected chi connectivity index (χ2v) is 2.08. The number of nitrogens with one attached hydrogen (secondary N) is 2. The van der Waals surface area contributed by atoms with Crippen molar-refractivity contribution in [1.82, 2.24) is 10.9 Å². The van der Waals surface area contributed by atoms with Crippen LogP contribution in [-0.4, -0.2) is 39.5 Å². The topological polar surface area (TPSA) is 108 Å². The van der Waals surface area contributed by atoms with Crippen molar-refractivity contribution in [3.05, 3.63) is 10.4 Å². The van der Waals surface area contributed by atoms with Crippen LogP contribution in [0.25, 0.3) is 10.4 Å². The number of hydrazine groups is 1. The largest absolute Gasteiger partial charge is 0.446 e. The number of carbonyl (C=O) groups is 1. The Kier molecular flexibility index (Phi) is 8.56. The molecule has 0 saturated heterocycles. The van der Waals surface area contributed by atoms with Gasteiger partial charge in [0.2, 0.25) is 0 Å². The zero-order valence-electron chi connectivity index (χ0n) is 7.89. The molecule has 0 bridgehead atoms. The molecule has 0 radical (unpaired) electrons. The first-order valence-electron chi connectivity index (χ1n) is 3.99. The quantitative estimate of drug-likeness (QED) is 0.202. The second kappa shape index (κ2) is 9.59. The van der Waals surface area contributed by atoms with Crippen molar-refractivity contribution in [1.29, 1.82) is 0 Å². The van der Waals surface area contributed by atoms with Crippen LogP contribution in [0.1, 0.15) is 0 Å². The molecule has 0 aliphatic rings. The molecule has 0 saturated carbocycles. The Bertz CT molecular complexity index is 204. The first-order chi connectivity index (χ1) is 6.81. The van der Waals surface area contributed by atoms with Gasteiger partial charge in [0.25, 0.3) is 0 Å². The van der Waals surface area contributed by atoms with Gasteiger partial charge in [-0.25, -0.2) is 10.2 Å². The van der Waals surface area contributed by atoms with Gasteiger partial charge in [-0.2, -0.15) is 0 Å². The summed E-state index contributed by atoms with van der Waals surface area (Å²) < 4.78 is 9.62. The highest BCUT2D eigenvalue weighted by molar-refractivity contribution is 5.66. The highest BCUT2D eigenvalue weighted by Gasteiger charge is 1.97. The summed E-state index contributed by atoms with van der Waals surface area (Å²) >= 11 is 0. The maximum absolute atomic E-state index is 10.7. The summed E-state index contributed by atoms with van der Waals surface area (Å²) in [6.07, 6.45) is -0.564. The van der Waals surface area contributed by atoms with Crippen LogP contribution in [0.15, 0.2) is 5.11 Å². The molecule has 0 aliphatic carbocycles. The highest BCUT2D eigenvalue weighted by atomic mass is 16.6. The molecule has 8 heteroatoms. The second-order valence-electron chi connectivity index (χ2n) is 2.08. The standard InChI is InChI=1S/C6H13N5O3/c1-8-10-6(12)14-5-4-13-3-2-9-11-7/h8H,2-5H2,1H3,(H,10,12). The molecule has 80 valence electrons. The fourth-order valence-electron chi connectivity index (χ4n) is 0.584. The minimum Gasteiger partial charge on any atom is -0.446 e. The number of amides is 1. The van der Waals surface area contributed by atoms with E-state index in [9.17, 15) is 4.79 Å². The molecule has 0 atom stereocenters. The monoisotopic (exact) mass is 203 g/mol. The van der Waals surface area contributed by atoms with E-state index in [4.69, 9.17) is 10.3 Å². The number of hydrogen-bond donors (Lipinski definition) is 2. The van der Waals surface area contributed by atoms with Crippen LogP contribution in [0, 0.1) is 0 Å². The van der Waals surface area contributed by atoms with E-state index in [2.05, 4.69) is 25.6 Å². The van der Waals surface area contributed by atoms with Gasteiger partial charge in [0.1, 0.15) is 6.61 Å². The van der Waals surface area contributed by atoms with Crippen molar-refractivity contribution in [3.8, 4) is 0 Å². The fraction of sp³-hybridized carbons (Fsp3) is 0.833. The summed E-state index contributed by atoms with van der Waals surface area (Å²) in [7, 11) is 1.55. The van der Waals surface area contributed by atoms with Crippen LogP contribution in [0.4, 0.5) is 4.79 Å². The Morgan fingerprint density at radius 1 is 1.50 bits per heavy atom. The van der Waals surface area contributed by atoms with Crippen molar-refractivity contribution in [2.75, 3.05) is 33.4 Å². The number of carbonyl (C=O) groups excluding carboxylic acids is 1. The van der Waals surface area contributed by atoms with Crippen molar-refractivity contribution in [3.63, 3.8) is 0 Å².